The van der Waals surface area contributed by atoms with Crippen LogP contribution in [0.25, 0.3) is 0 Å². The van der Waals surface area contributed by atoms with E-state index in [-0.39, 0.29) is 5.82 Å². The molecule has 1 aromatic heterocycles. The fourth-order valence-corrected chi connectivity index (χ4v) is 3.36. The van der Waals surface area contributed by atoms with E-state index >= 15 is 0 Å². The lowest BCUT2D eigenvalue weighted by Gasteiger charge is -2.23. The minimum atomic E-state index is -0.195. The molecule has 2 aromatic carbocycles. The second-order valence-corrected chi connectivity index (χ2v) is 7.30. The summed E-state index contributed by atoms with van der Waals surface area (Å²) in [5.74, 6) is -0.195. The number of ether oxygens (including phenoxy) is 1. The summed E-state index contributed by atoms with van der Waals surface area (Å²) in [5.41, 5.74) is 4.96. The van der Waals surface area contributed by atoms with Crippen LogP contribution in [-0.4, -0.2) is 29.7 Å². The minimum Gasteiger partial charge on any atom is -0.385 e. The van der Waals surface area contributed by atoms with E-state index in [0.717, 1.165) is 44.8 Å². The van der Waals surface area contributed by atoms with Crippen LogP contribution >= 0.6 is 0 Å². The molecule has 3 nitrogen and oxygen atoms in total. The first-order valence-electron chi connectivity index (χ1n) is 9.79. The van der Waals surface area contributed by atoms with Crippen molar-refractivity contribution in [1.29, 1.82) is 0 Å². The highest BCUT2D eigenvalue weighted by Gasteiger charge is 2.11. The smallest absolute Gasteiger partial charge is 0.123 e. The first kappa shape index (κ1) is 20.3. The first-order valence-corrected chi connectivity index (χ1v) is 9.79. The Morgan fingerprint density at radius 3 is 2.36 bits per heavy atom. The molecule has 148 valence electrons. The number of rotatable bonds is 10. The summed E-state index contributed by atoms with van der Waals surface area (Å²) >= 11 is 0. The lowest BCUT2D eigenvalue weighted by Crippen LogP contribution is -2.26. The Balaban J connectivity index is 1.70. The van der Waals surface area contributed by atoms with Gasteiger partial charge in [0.1, 0.15) is 5.82 Å². The summed E-state index contributed by atoms with van der Waals surface area (Å²) < 4.78 is 20.7. The third kappa shape index (κ3) is 6.04. The van der Waals surface area contributed by atoms with Crippen molar-refractivity contribution in [3.8, 4) is 0 Å². The Labute approximate surface area is 167 Å². The molecule has 0 radical (unpaired) electrons. The molecule has 0 saturated carbocycles. The van der Waals surface area contributed by atoms with Crippen molar-refractivity contribution in [3.05, 3.63) is 95.1 Å². The molecule has 0 N–H and O–H groups in total. The van der Waals surface area contributed by atoms with Gasteiger partial charge in [-0.3, -0.25) is 4.90 Å². The molecule has 0 aliphatic rings. The van der Waals surface area contributed by atoms with Crippen LogP contribution in [0.2, 0.25) is 0 Å². The molecular formula is C24H29FN2O. The van der Waals surface area contributed by atoms with Gasteiger partial charge in [-0.05, 0) is 48.7 Å². The normalized spacial score (nSPS) is 11.3. The second-order valence-electron chi connectivity index (χ2n) is 7.30. The number of hydrogen-bond acceptors (Lipinski definition) is 2. The highest BCUT2D eigenvalue weighted by molar-refractivity contribution is 5.22. The quantitative estimate of drug-likeness (QED) is 0.459. The molecule has 3 aromatic rings. The van der Waals surface area contributed by atoms with Crippen molar-refractivity contribution in [2.45, 2.75) is 33.0 Å². The van der Waals surface area contributed by atoms with Crippen LogP contribution in [0.3, 0.4) is 0 Å². The van der Waals surface area contributed by atoms with Crippen LogP contribution < -0.4 is 0 Å². The number of halogens is 1. The van der Waals surface area contributed by atoms with Gasteiger partial charge in [0.2, 0.25) is 0 Å². The van der Waals surface area contributed by atoms with Gasteiger partial charge in [-0.2, -0.15) is 0 Å². The monoisotopic (exact) mass is 380 g/mol. The zero-order chi connectivity index (χ0) is 19.8. The van der Waals surface area contributed by atoms with E-state index in [1.54, 1.807) is 7.11 Å². The highest BCUT2D eigenvalue weighted by Crippen LogP contribution is 2.14. The Morgan fingerprint density at radius 1 is 0.929 bits per heavy atom. The fraction of sp³-hybridized carbons (Fsp3) is 0.333. The van der Waals surface area contributed by atoms with Crippen LogP contribution in [0.1, 0.15) is 28.8 Å². The summed E-state index contributed by atoms with van der Waals surface area (Å²) in [6.45, 7) is 6.38. The summed E-state index contributed by atoms with van der Waals surface area (Å²) in [6, 6.07) is 19.7. The molecule has 0 unspecified atom stereocenters. The molecule has 0 aliphatic heterocycles. The zero-order valence-corrected chi connectivity index (χ0v) is 16.8. The Kier molecular flexibility index (Phi) is 7.40. The maximum atomic E-state index is 13.2. The topological polar surface area (TPSA) is 17.4 Å². The van der Waals surface area contributed by atoms with E-state index in [2.05, 4.69) is 59.0 Å². The Hall–Kier alpha value is -2.43. The molecule has 0 amide bonds. The predicted octanol–water partition coefficient (Wildman–Crippen LogP) is 5.02. The SMILES string of the molecule is COCCCN(Cc1ccc(C)cc1)Cc1cccn1Cc1ccc(F)cc1. The number of aromatic nitrogens is 1. The molecule has 3 rings (SSSR count). The number of nitrogens with zero attached hydrogens (tertiary/aromatic N) is 2. The third-order valence-corrected chi connectivity index (χ3v) is 4.92. The van der Waals surface area contributed by atoms with Crippen molar-refractivity contribution in [1.82, 2.24) is 9.47 Å². The van der Waals surface area contributed by atoms with E-state index in [9.17, 15) is 4.39 Å². The molecular weight excluding hydrogens is 351 g/mol. The maximum absolute atomic E-state index is 13.2. The summed E-state index contributed by atoms with van der Waals surface area (Å²) in [5, 5.41) is 0. The highest BCUT2D eigenvalue weighted by atomic mass is 19.1. The molecule has 0 bridgehead atoms. The average molecular weight is 381 g/mol. The Bertz CT molecular complexity index is 840. The van der Waals surface area contributed by atoms with E-state index in [1.165, 1.54) is 29.0 Å². The summed E-state index contributed by atoms with van der Waals surface area (Å²) in [7, 11) is 1.75. The fourth-order valence-electron chi connectivity index (χ4n) is 3.36. The van der Waals surface area contributed by atoms with Crippen LogP contribution in [-0.2, 0) is 24.4 Å². The zero-order valence-electron chi connectivity index (χ0n) is 16.8. The second kappa shape index (κ2) is 10.2. The molecule has 0 spiro atoms. The number of methoxy groups -OCH3 is 1. The van der Waals surface area contributed by atoms with Crippen LogP contribution in [0, 0.1) is 12.7 Å². The lowest BCUT2D eigenvalue weighted by molar-refractivity contribution is 0.165. The van der Waals surface area contributed by atoms with E-state index in [1.807, 2.05) is 12.1 Å². The van der Waals surface area contributed by atoms with Crippen molar-refractivity contribution in [2.24, 2.45) is 0 Å². The molecule has 0 fully saturated rings. The van der Waals surface area contributed by atoms with Crippen molar-refractivity contribution in [3.63, 3.8) is 0 Å². The van der Waals surface area contributed by atoms with E-state index in [4.69, 9.17) is 4.74 Å². The number of benzene rings is 2. The van der Waals surface area contributed by atoms with Crippen molar-refractivity contribution < 1.29 is 9.13 Å². The van der Waals surface area contributed by atoms with Crippen LogP contribution in [0.4, 0.5) is 4.39 Å². The van der Waals surface area contributed by atoms with Crippen LogP contribution in [0.5, 0.6) is 0 Å². The van der Waals surface area contributed by atoms with Gasteiger partial charge in [0.25, 0.3) is 0 Å². The van der Waals surface area contributed by atoms with Crippen molar-refractivity contribution in [2.75, 3.05) is 20.3 Å². The van der Waals surface area contributed by atoms with E-state index < -0.39 is 0 Å². The largest absolute Gasteiger partial charge is 0.385 e. The summed E-state index contributed by atoms with van der Waals surface area (Å²) in [4.78, 5) is 2.46. The Morgan fingerprint density at radius 2 is 1.64 bits per heavy atom. The van der Waals surface area contributed by atoms with Gasteiger partial charge in [0.05, 0.1) is 0 Å². The van der Waals surface area contributed by atoms with E-state index in [0.29, 0.717) is 0 Å². The standard InChI is InChI=1S/C24H29FN2O/c1-20-6-8-21(9-7-20)17-26(14-4-16-28-2)19-24-5-3-15-27(24)18-22-10-12-23(25)13-11-22/h3,5-13,15H,4,14,16-19H2,1-2H3. The first-order chi connectivity index (χ1) is 13.6. The van der Waals surface area contributed by atoms with Crippen LogP contribution in [0.15, 0.2) is 66.9 Å². The minimum absolute atomic E-state index is 0.195. The molecule has 1 heterocycles. The van der Waals surface area contributed by atoms with Gasteiger partial charge in [0.15, 0.2) is 0 Å². The average Bonchev–Trinajstić information content (AvgIpc) is 3.12. The maximum Gasteiger partial charge on any atom is 0.123 e. The molecule has 4 heteroatoms. The third-order valence-electron chi connectivity index (χ3n) is 4.92. The molecule has 0 atom stereocenters. The number of hydrogen-bond donors (Lipinski definition) is 0. The predicted molar refractivity (Wildman–Crippen MR) is 112 cm³/mol. The lowest BCUT2D eigenvalue weighted by atomic mass is 10.1. The number of aryl methyl sites for hydroxylation is 1. The molecule has 28 heavy (non-hydrogen) atoms. The van der Waals surface area contributed by atoms with Gasteiger partial charge < -0.3 is 9.30 Å². The van der Waals surface area contributed by atoms with Gasteiger partial charge in [0, 0.05) is 51.8 Å². The summed E-state index contributed by atoms with van der Waals surface area (Å²) in [6.07, 6.45) is 3.10. The van der Waals surface area contributed by atoms with Crippen molar-refractivity contribution >= 4 is 0 Å². The van der Waals surface area contributed by atoms with Gasteiger partial charge in [-0.25, -0.2) is 4.39 Å². The van der Waals surface area contributed by atoms with Gasteiger partial charge in [-0.15, -0.1) is 0 Å². The van der Waals surface area contributed by atoms with Gasteiger partial charge >= 0.3 is 0 Å². The van der Waals surface area contributed by atoms with Gasteiger partial charge in [-0.1, -0.05) is 42.0 Å². The molecule has 0 aliphatic carbocycles. The molecule has 0 saturated heterocycles.